The van der Waals surface area contributed by atoms with E-state index < -0.39 is 0 Å². The van der Waals surface area contributed by atoms with Gasteiger partial charge in [-0.25, -0.2) is 4.98 Å². The lowest BCUT2D eigenvalue weighted by molar-refractivity contribution is 0.294. The molecule has 1 N–H and O–H groups in total. The van der Waals surface area contributed by atoms with E-state index in [0.717, 1.165) is 47.0 Å². The number of nitrogens with one attached hydrogen (secondary N) is 1. The standard InChI is InChI=1S/C24H29ClN4O/c1-5-9-18(28(4)22-11-8-7-10-20(22)25)15-29(6-2)16-23-26-21-14-17(3)12-13-19(21)24(30)27-23/h7-14H,5-6,15-16H2,1-4H3,(H,26,27,30)/b18-9+. The highest BCUT2D eigenvalue weighted by molar-refractivity contribution is 6.33. The Labute approximate surface area is 183 Å². The van der Waals surface area contributed by atoms with Gasteiger partial charge in [-0.05, 0) is 49.7 Å². The minimum atomic E-state index is -0.0939. The molecule has 0 aliphatic rings. The maximum atomic E-state index is 12.5. The molecule has 0 saturated carbocycles. The molecule has 0 unspecified atom stereocenters. The number of H-pyrrole nitrogens is 1. The van der Waals surface area contributed by atoms with E-state index in [-0.39, 0.29) is 5.56 Å². The fourth-order valence-corrected chi connectivity index (χ4v) is 3.78. The summed E-state index contributed by atoms with van der Waals surface area (Å²) in [6.07, 6.45) is 3.14. The summed E-state index contributed by atoms with van der Waals surface area (Å²) in [5.74, 6) is 0.677. The van der Waals surface area contributed by atoms with E-state index in [1.165, 1.54) is 0 Å². The molecule has 3 rings (SSSR count). The fourth-order valence-electron chi connectivity index (χ4n) is 3.51. The number of aromatic nitrogens is 2. The molecule has 0 amide bonds. The maximum absolute atomic E-state index is 12.5. The van der Waals surface area contributed by atoms with Crippen molar-refractivity contribution in [2.75, 3.05) is 25.0 Å². The number of hydrogen-bond acceptors (Lipinski definition) is 4. The van der Waals surface area contributed by atoms with Crippen LogP contribution in [0.1, 0.15) is 31.7 Å². The predicted octanol–water partition coefficient (Wildman–Crippen LogP) is 5.14. The van der Waals surface area contributed by atoms with Crippen LogP contribution in [0.3, 0.4) is 0 Å². The van der Waals surface area contributed by atoms with Crippen molar-refractivity contribution < 1.29 is 0 Å². The fraction of sp³-hybridized carbons (Fsp3) is 0.333. The minimum absolute atomic E-state index is 0.0939. The maximum Gasteiger partial charge on any atom is 0.258 e. The highest BCUT2D eigenvalue weighted by atomic mass is 35.5. The van der Waals surface area contributed by atoms with Crippen molar-refractivity contribution in [1.82, 2.24) is 14.9 Å². The molecule has 1 aromatic heterocycles. The normalized spacial score (nSPS) is 12.0. The molecular weight excluding hydrogens is 396 g/mol. The lowest BCUT2D eigenvalue weighted by Gasteiger charge is -2.29. The first kappa shape index (κ1) is 22.1. The second-order valence-electron chi connectivity index (χ2n) is 7.45. The first-order valence-corrected chi connectivity index (χ1v) is 10.7. The molecule has 0 spiro atoms. The van der Waals surface area contributed by atoms with Crippen LogP contribution in [0.25, 0.3) is 10.9 Å². The number of benzene rings is 2. The van der Waals surface area contributed by atoms with E-state index in [2.05, 4.69) is 34.7 Å². The summed E-state index contributed by atoms with van der Waals surface area (Å²) in [5.41, 5.74) is 3.87. The molecule has 1 heterocycles. The van der Waals surface area contributed by atoms with Gasteiger partial charge in [0.15, 0.2) is 0 Å². The molecule has 30 heavy (non-hydrogen) atoms. The third-order valence-electron chi connectivity index (χ3n) is 5.20. The second kappa shape index (κ2) is 9.92. The highest BCUT2D eigenvalue weighted by Crippen LogP contribution is 2.27. The molecule has 0 bridgehead atoms. The first-order chi connectivity index (χ1) is 14.4. The molecule has 5 nitrogen and oxygen atoms in total. The SMILES string of the molecule is CC/C=C(\CN(CC)Cc1nc2cc(C)ccc2c(=O)[nH]1)N(C)c1ccccc1Cl. The number of hydrogen-bond donors (Lipinski definition) is 1. The van der Waals surface area contributed by atoms with Crippen molar-refractivity contribution in [3.63, 3.8) is 0 Å². The zero-order valence-corrected chi connectivity index (χ0v) is 18.8. The van der Waals surface area contributed by atoms with Crippen molar-refractivity contribution in [3.05, 3.63) is 81.0 Å². The summed E-state index contributed by atoms with van der Waals surface area (Å²) >= 11 is 6.42. The lowest BCUT2D eigenvalue weighted by atomic mass is 10.2. The van der Waals surface area contributed by atoms with Gasteiger partial charge < -0.3 is 9.88 Å². The van der Waals surface area contributed by atoms with Gasteiger partial charge in [-0.1, -0.05) is 49.7 Å². The van der Waals surface area contributed by atoms with Gasteiger partial charge in [0, 0.05) is 19.3 Å². The quantitative estimate of drug-likeness (QED) is 0.544. The number of para-hydroxylation sites is 1. The number of anilines is 1. The van der Waals surface area contributed by atoms with Crippen LogP contribution in [0.2, 0.25) is 5.02 Å². The third kappa shape index (κ3) is 5.10. The van der Waals surface area contributed by atoms with Gasteiger partial charge in [-0.2, -0.15) is 0 Å². The number of allylic oxidation sites excluding steroid dienone is 1. The van der Waals surface area contributed by atoms with Crippen LogP contribution in [0.15, 0.2) is 59.0 Å². The van der Waals surface area contributed by atoms with Crippen LogP contribution in [0, 0.1) is 6.92 Å². The Balaban J connectivity index is 1.84. The van der Waals surface area contributed by atoms with E-state index in [1.54, 1.807) is 0 Å². The van der Waals surface area contributed by atoms with Gasteiger partial charge in [-0.15, -0.1) is 0 Å². The number of aryl methyl sites for hydroxylation is 1. The summed E-state index contributed by atoms with van der Waals surface area (Å²) in [6.45, 7) is 8.36. The van der Waals surface area contributed by atoms with Gasteiger partial charge in [0.2, 0.25) is 0 Å². The van der Waals surface area contributed by atoms with E-state index >= 15 is 0 Å². The van der Waals surface area contributed by atoms with Crippen LogP contribution in [-0.4, -0.2) is 35.0 Å². The minimum Gasteiger partial charge on any atom is -0.346 e. The molecule has 0 aliphatic heterocycles. The Kier molecular flexibility index (Phi) is 7.29. The average molecular weight is 425 g/mol. The van der Waals surface area contributed by atoms with E-state index in [0.29, 0.717) is 17.8 Å². The Morgan fingerprint density at radius 3 is 2.67 bits per heavy atom. The van der Waals surface area contributed by atoms with Gasteiger partial charge in [0.05, 0.1) is 28.2 Å². The first-order valence-electron chi connectivity index (χ1n) is 10.3. The van der Waals surface area contributed by atoms with E-state index in [9.17, 15) is 4.79 Å². The molecule has 2 aromatic carbocycles. The number of nitrogens with zero attached hydrogens (tertiary/aromatic N) is 3. The number of halogens is 1. The Hall–Kier alpha value is -2.63. The van der Waals surface area contributed by atoms with Crippen molar-refractivity contribution in [2.24, 2.45) is 0 Å². The zero-order chi connectivity index (χ0) is 21.7. The van der Waals surface area contributed by atoms with Crippen molar-refractivity contribution in [2.45, 2.75) is 33.7 Å². The topological polar surface area (TPSA) is 52.2 Å². The van der Waals surface area contributed by atoms with E-state index in [1.807, 2.05) is 56.4 Å². The largest absolute Gasteiger partial charge is 0.346 e. The molecule has 0 aliphatic carbocycles. The van der Waals surface area contributed by atoms with Crippen molar-refractivity contribution >= 4 is 28.2 Å². The summed E-state index contributed by atoms with van der Waals surface area (Å²) < 4.78 is 0. The Bertz CT molecular complexity index is 1110. The molecule has 0 radical (unpaired) electrons. The Morgan fingerprint density at radius 2 is 1.97 bits per heavy atom. The summed E-state index contributed by atoms with van der Waals surface area (Å²) in [6, 6.07) is 13.6. The van der Waals surface area contributed by atoms with Crippen LogP contribution >= 0.6 is 11.6 Å². The molecular formula is C24H29ClN4O. The monoisotopic (exact) mass is 424 g/mol. The van der Waals surface area contributed by atoms with E-state index in [4.69, 9.17) is 16.6 Å². The van der Waals surface area contributed by atoms with Gasteiger partial charge >= 0.3 is 0 Å². The van der Waals surface area contributed by atoms with Gasteiger partial charge in [-0.3, -0.25) is 9.69 Å². The molecule has 6 heteroatoms. The van der Waals surface area contributed by atoms with Crippen molar-refractivity contribution in [1.29, 1.82) is 0 Å². The second-order valence-corrected chi connectivity index (χ2v) is 7.86. The smallest absolute Gasteiger partial charge is 0.258 e. The predicted molar refractivity (Wildman–Crippen MR) is 126 cm³/mol. The zero-order valence-electron chi connectivity index (χ0n) is 18.1. The summed E-state index contributed by atoms with van der Waals surface area (Å²) in [5, 5.41) is 1.35. The number of likely N-dealkylation sites (N-methyl/N-ethyl adjacent to an activating group) is 2. The van der Waals surface area contributed by atoms with Crippen LogP contribution in [0.4, 0.5) is 5.69 Å². The molecule has 158 valence electrons. The number of rotatable bonds is 8. The molecule has 0 atom stereocenters. The van der Waals surface area contributed by atoms with Gasteiger partial charge in [0.25, 0.3) is 5.56 Å². The highest BCUT2D eigenvalue weighted by Gasteiger charge is 2.15. The van der Waals surface area contributed by atoms with Gasteiger partial charge in [0.1, 0.15) is 5.82 Å². The number of aromatic amines is 1. The summed E-state index contributed by atoms with van der Waals surface area (Å²) in [7, 11) is 2.04. The molecule has 0 saturated heterocycles. The molecule has 0 fully saturated rings. The average Bonchev–Trinajstić information content (AvgIpc) is 2.72. The van der Waals surface area contributed by atoms with Crippen LogP contribution in [0.5, 0.6) is 0 Å². The van der Waals surface area contributed by atoms with Crippen LogP contribution < -0.4 is 10.5 Å². The number of fused-ring (bicyclic) bond motifs is 1. The lowest BCUT2D eigenvalue weighted by Crippen LogP contribution is -2.32. The summed E-state index contributed by atoms with van der Waals surface area (Å²) in [4.78, 5) is 24.5. The molecule has 3 aromatic rings. The van der Waals surface area contributed by atoms with Crippen LogP contribution in [-0.2, 0) is 6.54 Å². The van der Waals surface area contributed by atoms with Crippen molar-refractivity contribution in [3.8, 4) is 0 Å². The Morgan fingerprint density at radius 1 is 1.20 bits per heavy atom. The third-order valence-corrected chi connectivity index (χ3v) is 5.52.